The minimum atomic E-state index is -0.929. The Bertz CT molecular complexity index is 1100. The van der Waals surface area contributed by atoms with E-state index in [-0.39, 0.29) is 5.78 Å². The van der Waals surface area contributed by atoms with Crippen molar-refractivity contribution < 1.29 is 18.3 Å². The topological polar surface area (TPSA) is 55.0 Å². The molecule has 3 aromatic rings. The van der Waals surface area contributed by atoms with E-state index in [2.05, 4.69) is 10.2 Å². The average Bonchev–Trinajstić information content (AvgIpc) is 3.23. The maximum atomic E-state index is 13.4. The van der Waals surface area contributed by atoms with Crippen molar-refractivity contribution in [2.75, 3.05) is 7.11 Å². The van der Waals surface area contributed by atoms with E-state index in [1.165, 1.54) is 6.07 Å². The molecule has 4 rings (SSSR count). The first-order valence-corrected chi connectivity index (χ1v) is 8.40. The maximum Gasteiger partial charge on any atom is 0.189 e. The third-order valence-electron chi connectivity index (χ3n) is 4.68. The van der Waals surface area contributed by atoms with Crippen molar-refractivity contribution in [3.8, 4) is 17.0 Å². The van der Waals surface area contributed by atoms with Crippen LogP contribution in [0.1, 0.15) is 27.2 Å². The van der Waals surface area contributed by atoms with Gasteiger partial charge in [-0.1, -0.05) is 0 Å². The number of aryl methyl sites for hydroxylation is 1. The molecule has 2 aromatic carbocycles. The molecule has 0 saturated carbocycles. The van der Waals surface area contributed by atoms with Crippen molar-refractivity contribution in [2.24, 2.45) is 0 Å². The van der Waals surface area contributed by atoms with E-state index in [1.807, 2.05) is 19.1 Å². The number of halogens is 2. The predicted octanol–water partition coefficient (Wildman–Crippen LogP) is 4.49. The number of ketones is 1. The van der Waals surface area contributed by atoms with Gasteiger partial charge in [-0.15, -0.1) is 0 Å². The number of hydrogen-bond acceptors (Lipinski definition) is 3. The number of hydrogen-bond donors (Lipinski definition) is 1. The fourth-order valence-electron chi connectivity index (χ4n) is 3.28. The fraction of sp³-hybridized carbons (Fsp3) is 0.143. The summed E-state index contributed by atoms with van der Waals surface area (Å²) >= 11 is 0. The molecule has 27 heavy (non-hydrogen) atoms. The third-order valence-corrected chi connectivity index (χ3v) is 4.68. The SMILES string of the molecule is COc1cc2c(cc1C)C(=O)/C(=C/c1cc(-c3ccc(F)c(F)c3)n[nH]1)C2. The molecular weight excluding hydrogens is 350 g/mol. The molecule has 0 amide bonds. The Balaban J connectivity index is 1.64. The van der Waals surface area contributed by atoms with Gasteiger partial charge in [0.05, 0.1) is 18.5 Å². The molecule has 1 aromatic heterocycles. The number of H-pyrrole nitrogens is 1. The third kappa shape index (κ3) is 3.03. The number of fused-ring (bicyclic) bond motifs is 1. The molecule has 136 valence electrons. The Kier molecular flexibility index (Phi) is 4.11. The zero-order valence-electron chi connectivity index (χ0n) is 14.8. The largest absolute Gasteiger partial charge is 0.496 e. The Morgan fingerprint density at radius 2 is 1.96 bits per heavy atom. The molecule has 4 nitrogen and oxygen atoms in total. The molecule has 0 fully saturated rings. The molecule has 1 aliphatic carbocycles. The van der Waals surface area contributed by atoms with Crippen LogP contribution in [0.15, 0.2) is 42.0 Å². The number of carbonyl (C=O) groups is 1. The van der Waals surface area contributed by atoms with Crippen molar-refractivity contribution in [1.29, 1.82) is 0 Å². The zero-order valence-corrected chi connectivity index (χ0v) is 14.8. The standard InChI is InChI=1S/C21H16F2N2O2/c1-11-5-16-13(9-20(11)27-2)6-14(21(16)26)7-15-10-19(25-24-15)12-3-4-17(22)18(23)8-12/h3-5,7-10H,6H2,1-2H3,(H,24,25)/b14-7+. The van der Waals surface area contributed by atoms with Crippen LogP contribution in [0.3, 0.4) is 0 Å². The minimum Gasteiger partial charge on any atom is -0.496 e. The molecule has 0 radical (unpaired) electrons. The number of Topliss-reactive ketones (excluding diaryl/α,β-unsaturated/α-hetero) is 1. The van der Waals surface area contributed by atoms with Crippen LogP contribution in [0.25, 0.3) is 17.3 Å². The van der Waals surface area contributed by atoms with Gasteiger partial charge in [0, 0.05) is 23.1 Å². The van der Waals surface area contributed by atoms with Crippen molar-refractivity contribution in [2.45, 2.75) is 13.3 Å². The van der Waals surface area contributed by atoms with E-state index in [0.29, 0.717) is 34.5 Å². The van der Waals surface area contributed by atoms with E-state index < -0.39 is 11.6 Å². The van der Waals surface area contributed by atoms with Gasteiger partial charge >= 0.3 is 0 Å². The van der Waals surface area contributed by atoms with Crippen LogP contribution in [0.5, 0.6) is 5.75 Å². The molecule has 0 bridgehead atoms. The van der Waals surface area contributed by atoms with E-state index >= 15 is 0 Å². The van der Waals surface area contributed by atoms with E-state index in [0.717, 1.165) is 29.0 Å². The molecule has 0 saturated heterocycles. The van der Waals surface area contributed by atoms with Gasteiger partial charge in [-0.25, -0.2) is 8.78 Å². The highest BCUT2D eigenvalue weighted by atomic mass is 19.2. The molecule has 1 aliphatic rings. The van der Waals surface area contributed by atoms with Crippen molar-refractivity contribution in [1.82, 2.24) is 10.2 Å². The van der Waals surface area contributed by atoms with Gasteiger partial charge in [-0.2, -0.15) is 5.10 Å². The summed E-state index contributed by atoms with van der Waals surface area (Å²) in [5.41, 5.74) is 4.70. The van der Waals surface area contributed by atoms with Gasteiger partial charge in [0.25, 0.3) is 0 Å². The lowest BCUT2D eigenvalue weighted by molar-refractivity contribution is 0.104. The lowest BCUT2D eigenvalue weighted by atomic mass is 10.1. The normalized spacial score (nSPS) is 14.7. The van der Waals surface area contributed by atoms with Gasteiger partial charge in [0.1, 0.15) is 5.75 Å². The summed E-state index contributed by atoms with van der Waals surface area (Å²) in [5.74, 6) is -1.11. The van der Waals surface area contributed by atoms with Crippen LogP contribution in [-0.4, -0.2) is 23.1 Å². The highest BCUT2D eigenvalue weighted by Crippen LogP contribution is 2.33. The van der Waals surface area contributed by atoms with E-state index in [9.17, 15) is 13.6 Å². The second kappa shape index (κ2) is 6.46. The Labute approximate surface area is 154 Å². The van der Waals surface area contributed by atoms with Crippen LogP contribution in [0.2, 0.25) is 0 Å². The van der Waals surface area contributed by atoms with Crippen LogP contribution in [-0.2, 0) is 6.42 Å². The van der Waals surface area contributed by atoms with E-state index in [1.54, 1.807) is 19.3 Å². The highest BCUT2D eigenvalue weighted by Gasteiger charge is 2.26. The minimum absolute atomic E-state index is 0.0280. The number of methoxy groups -OCH3 is 1. The zero-order chi connectivity index (χ0) is 19.1. The lowest BCUT2D eigenvalue weighted by Gasteiger charge is -2.06. The first-order valence-electron chi connectivity index (χ1n) is 8.40. The van der Waals surface area contributed by atoms with Crippen LogP contribution >= 0.6 is 0 Å². The summed E-state index contributed by atoms with van der Waals surface area (Å²) in [7, 11) is 1.60. The first-order chi connectivity index (χ1) is 13.0. The average molecular weight is 366 g/mol. The molecule has 0 spiro atoms. The number of aromatic amines is 1. The Morgan fingerprint density at radius 3 is 2.70 bits per heavy atom. The summed E-state index contributed by atoms with van der Waals surface area (Å²) in [6, 6.07) is 9.04. The molecular formula is C21H16F2N2O2. The molecule has 6 heteroatoms. The lowest BCUT2D eigenvalue weighted by Crippen LogP contribution is -1.97. The number of nitrogens with one attached hydrogen (secondary N) is 1. The summed E-state index contributed by atoms with van der Waals surface area (Å²) in [6.45, 7) is 1.90. The van der Waals surface area contributed by atoms with Crippen LogP contribution in [0.4, 0.5) is 8.78 Å². The first kappa shape index (κ1) is 17.1. The van der Waals surface area contributed by atoms with Crippen molar-refractivity contribution in [3.63, 3.8) is 0 Å². The number of carbonyl (C=O) groups excluding carboxylic acids is 1. The number of rotatable bonds is 3. The second-order valence-electron chi connectivity index (χ2n) is 6.49. The van der Waals surface area contributed by atoms with Crippen LogP contribution < -0.4 is 4.74 Å². The second-order valence-corrected chi connectivity index (χ2v) is 6.49. The smallest absolute Gasteiger partial charge is 0.189 e. The van der Waals surface area contributed by atoms with Gasteiger partial charge in [-0.05, 0) is 60.5 Å². The fourth-order valence-corrected chi connectivity index (χ4v) is 3.28. The summed E-state index contributed by atoms with van der Waals surface area (Å²) in [6.07, 6.45) is 2.24. The molecule has 0 unspecified atom stereocenters. The number of nitrogens with zero attached hydrogens (tertiary/aromatic N) is 1. The predicted molar refractivity (Wildman–Crippen MR) is 97.7 cm³/mol. The van der Waals surface area contributed by atoms with Gasteiger partial charge in [0.2, 0.25) is 0 Å². The van der Waals surface area contributed by atoms with Gasteiger partial charge in [-0.3, -0.25) is 9.89 Å². The summed E-state index contributed by atoms with van der Waals surface area (Å²) in [4.78, 5) is 12.7. The molecule has 1 N–H and O–H groups in total. The Morgan fingerprint density at radius 1 is 1.15 bits per heavy atom. The number of benzene rings is 2. The van der Waals surface area contributed by atoms with Crippen LogP contribution in [0, 0.1) is 18.6 Å². The van der Waals surface area contributed by atoms with Gasteiger partial charge < -0.3 is 4.74 Å². The number of ether oxygens (including phenoxy) is 1. The Hall–Kier alpha value is -3.28. The van der Waals surface area contributed by atoms with Crippen molar-refractivity contribution in [3.05, 3.63) is 76.0 Å². The molecule has 1 heterocycles. The van der Waals surface area contributed by atoms with Gasteiger partial charge in [0.15, 0.2) is 17.4 Å². The maximum absolute atomic E-state index is 13.4. The molecule has 0 aliphatic heterocycles. The molecule has 0 atom stereocenters. The summed E-state index contributed by atoms with van der Waals surface area (Å²) in [5, 5.41) is 6.95. The summed E-state index contributed by atoms with van der Waals surface area (Å²) < 4.78 is 31.8. The number of allylic oxidation sites excluding steroid dienone is 1. The quantitative estimate of drug-likeness (QED) is 0.695. The van der Waals surface area contributed by atoms with Crippen molar-refractivity contribution >= 4 is 11.9 Å². The highest BCUT2D eigenvalue weighted by molar-refractivity contribution is 6.15. The number of aromatic nitrogens is 2. The monoisotopic (exact) mass is 366 g/mol. The van der Waals surface area contributed by atoms with E-state index in [4.69, 9.17) is 4.74 Å².